The minimum Gasteiger partial charge on any atom is -0.388 e. The van der Waals surface area contributed by atoms with E-state index in [9.17, 15) is 14.7 Å². The first-order valence-electron chi connectivity index (χ1n) is 10.2. The van der Waals surface area contributed by atoms with Gasteiger partial charge in [0, 0.05) is 50.3 Å². The maximum Gasteiger partial charge on any atom is 0.258 e. The van der Waals surface area contributed by atoms with Gasteiger partial charge in [0.25, 0.3) is 5.56 Å². The maximum absolute atomic E-state index is 12.2. The van der Waals surface area contributed by atoms with E-state index < -0.39 is 17.2 Å². The SMILES string of the molecule is CCC(=O)N[C@]1(C)CCOC2(CCN(Cc3cc(=O)n4ccsc4n3)CC2)[C@H]1O. The lowest BCUT2D eigenvalue weighted by Gasteiger charge is -2.53. The number of piperidine rings is 1. The number of aromatic nitrogens is 2. The summed E-state index contributed by atoms with van der Waals surface area (Å²) in [5.74, 6) is -0.0534. The molecule has 158 valence electrons. The van der Waals surface area contributed by atoms with Crippen LogP contribution in [0.2, 0.25) is 0 Å². The molecule has 2 N–H and O–H groups in total. The average Bonchev–Trinajstić information content (AvgIpc) is 3.17. The predicted molar refractivity (Wildman–Crippen MR) is 110 cm³/mol. The lowest BCUT2D eigenvalue weighted by Crippen LogP contribution is -2.69. The summed E-state index contributed by atoms with van der Waals surface area (Å²) < 4.78 is 7.65. The van der Waals surface area contributed by atoms with Crippen LogP contribution in [-0.4, -0.2) is 62.2 Å². The summed E-state index contributed by atoms with van der Waals surface area (Å²) in [5.41, 5.74) is -0.616. The number of likely N-dealkylation sites (tertiary alicyclic amines) is 1. The first kappa shape index (κ1) is 20.5. The molecule has 0 radical (unpaired) electrons. The highest BCUT2D eigenvalue weighted by atomic mass is 32.1. The van der Waals surface area contributed by atoms with Crippen molar-refractivity contribution in [3.8, 4) is 0 Å². The highest BCUT2D eigenvalue weighted by Crippen LogP contribution is 2.40. The van der Waals surface area contributed by atoms with E-state index in [-0.39, 0.29) is 11.5 Å². The Labute approximate surface area is 173 Å². The summed E-state index contributed by atoms with van der Waals surface area (Å²) in [6.07, 6.45) is 3.32. The zero-order valence-corrected chi connectivity index (χ0v) is 17.7. The van der Waals surface area contributed by atoms with Gasteiger partial charge in [0.1, 0.15) is 6.10 Å². The Morgan fingerprint density at radius 3 is 2.90 bits per heavy atom. The van der Waals surface area contributed by atoms with E-state index in [2.05, 4.69) is 15.2 Å². The van der Waals surface area contributed by atoms with Crippen LogP contribution >= 0.6 is 11.3 Å². The Bertz CT molecular complexity index is 949. The van der Waals surface area contributed by atoms with Crippen LogP contribution in [0.3, 0.4) is 0 Å². The number of hydrogen-bond donors (Lipinski definition) is 2. The summed E-state index contributed by atoms with van der Waals surface area (Å²) in [5, 5.41) is 16.0. The summed E-state index contributed by atoms with van der Waals surface area (Å²) in [4.78, 5) is 31.7. The normalized spacial score (nSPS) is 27.3. The largest absolute Gasteiger partial charge is 0.388 e. The molecule has 29 heavy (non-hydrogen) atoms. The number of aliphatic hydroxyl groups is 1. The van der Waals surface area contributed by atoms with Crippen LogP contribution < -0.4 is 10.9 Å². The van der Waals surface area contributed by atoms with E-state index in [1.165, 1.54) is 11.3 Å². The Kier molecular flexibility index (Phi) is 5.50. The second-order valence-electron chi connectivity index (χ2n) is 8.30. The van der Waals surface area contributed by atoms with Gasteiger partial charge in [-0.2, -0.15) is 0 Å². The van der Waals surface area contributed by atoms with Crippen molar-refractivity contribution in [2.75, 3.05) is 19.7 Å². The molecule has 0 aliphatic carbocycles. The van der Waals surface area contributed by atoms with Gasteiger partial charge in [0.15, 0.2) is 4.96 Å². The van der Waals surface area contributed by atoms with Crippen molar-refractivity contribution in [1.29, 1.82) is 0 Å². The molecule has 0 unspecified atom stereocenters. The maximum atomic E-state index is 12.2. The van der Waals surface area contributed by atoms with Gasteiger partial charge >= 0.3 is 0 Å². The molecule has 2 aliphatic heterocycles. The number of rotatable bonds is 4. The van der Waals surface area contributed by atoms with E-state index >= 15 is 0 Å². The van der Waals surface area contributed by atoms with Crippen LogP contribution in [0.15, 0.2) is 22.4 Å². The van der Waals surface area contributed by atoms with E-state index in [0.29, 0.717) is 43.8 Å². The minimum absolute atomic E-state index is 0.0534. The van der Waals surface area contributed by atoms with Crippen molar-refractivity contribution in [1.82, 2.24) is 19.6 Å². The molecule has 2 atom stereocenters. The Morgan fingerprint density at radius 2 is 2.17 bits per heavy atom. The molecule has 0 aromatic carbocycles. The number of carbonyl (C=O) groups excluding carboxylic acids is 1. The minimum atomic E-state index is -0.758. The van der Waals surface area contributed by atoms with Gasteiger partial charge in [-0.25, -0.2) is 4.98 Å². The number of carbonyl (C=O) groups is 1. The van der Waals surface area contributed by atoms with E-state index in [1.54, 1.807) is 16.7 Å². The van der Waals surface area contributed by atoms with Crippen molar-refractivity contribution in [3.05, 3.63) is 33.7 Å². The quantitative estimate of drug-likeness (QED) is 0.771. The molecule has 4 heterocycles. The Morgan fingerprint density at radius 1 is 1.41 bits per heavy atom. The molecule has 0 saturated carbocycles. The molecule has 2 aromatic heterocycles. The third-order valence-corrected chi connectivity index (χ3v) is 7.06. The number of nitrogens with one attached hydrogen (secondary N) is 1. The molecular weight excluding hydrogens is 392 g/mol. The van der Waals surface area contributed by atoms with Crippen LogP contribution in [0.25, 0.3) is 4.96 Å². The van der Waals surface area contributed by atoms with E-state index in [0.717, 1.165) is 18.8 Å². The molecule has 9 heteroatoms. The van der Waals surface area contributed by atoms with Gasteiger partial charge < -0.3 is 15.2 Å². The molecule has 1 amide bonds. The van der Waals surface area contributed by atoms with Gasteiger partial charge in [-0.3, -0.25) is 18.9 Å². The van der Waals surface area contributed by atoms with Crippen LogP contribution in [0.4, 0.5) is 0 Å². The molecule has 0 bridgehead atoms. The fraction of sp³-hybridized carbons (Fsp3) is 0.650. The van der Waals surface area contributed by atoms with Crippen LogP contribution in [0.1, 0.15) is 45.2 Å². The monoisotopic (exact) mass is 420 g/mol. The lowest BCUT2D eigenvalue weighted by atomic mass is 9.73. The van der Waals surface area contributed by atoms with Crippen molar-refractivity contribution in [3.63, 3.8) is 0 Å². The zero-order chi connectivity index (χ0) is 20.6. The molecule has 2 aromatic rings. The number of thiazole rings is 1. The third kappa shape index (κ3) is 3.84. The summed E-state index contributed by atoms with van der Waals surface area (Å²) in [6, 6.07) is 1.59. The standard InChI is InChI=1S/C20H28N4O4S/c1-3-15(25)22-19(2)6-10-28-20(17(19)27)4-7-23(8-5-20)13-14-12-16(26)24-9-11-29-18(24)21-14/h9,11-12,17,27H,3-8,10,13H2,1-2H3,(H,22,25)/t17-,19+/m0/s1. The van der Waals surface area contributed by atoms with Gasteiger partial charge in [0.2, 0.25) is 5.91 Å². The number of fused-ring (bicyclic) bond motifs is 1. The van der Waals surface area contributed by atoms with Crippen LogP contribution in [-0.2, 0) is 16.1 Å². The van der Waals surface area contributed by atoms with Crippen LogP contribution in [0.5, 0.6) is 0 Å². The van der Waals surface area contributed by atoms with Crippen molar-refractivity contribution in [2.24, 2.45) is 0 Å². The summed E-state index contributed by atoms with van der Waals surface area (Å²) in [6.45, 7) is 6.31. The van der Waals surface area contributed by atoms with E-state index in [1.807, 2.05) is 19.2 Å². The zero-order valence-electron chi connectivity index (χ0n) is 16.9. The van der Waals surface area contributed by atoms with Gasteiger partial charge in [0.05, 0.1) is 16.8 Å². The predicted octanol–water partition coefficient (Wildman–Crippen LogP) is 1.16. The molecule has 1 spiro atoms. The molecule has 2 fully saturated rings. The first-order chi connectivity index (χ1) is 13.8. The number of nitrogens with zero attached hydrogens (tertiary/aromatic N) is 3. The Hall–Kier alpha value is -1.81. The van der Waals surface area contributed by atoms with Gasteiger partial charge in [-0.15, -0.1) is 11.3 Å². The fourth-order valence-corrected chi connectivity index (χ4v) is 5.24. The third-order valence-electron chi connectivity index (χ3n) is 6.30. The second-order valence-corrected chi connectivity index (χ2v) is 9.18. The molecule has 8 nitrogen and oxygen atoms in total. The van der Waals surface area contributed by atoms with E-state index in [4.69, 9.17) is 4.74 Å². The first-order valence-corrected chi connectivity index (χ1v) is 11.0. The number of hydrogen-bond acceptors (Lipinski definition) is 7. The number of amides is 1. The summed E-state index contributed by atoms with van der Waals surface area (Å²) >= 11 is 1.45. The van der Waals surface area contributed by atoms with Crippen molar-refractivity contribution >= 4 is 22.2 Å². The molecule has 2 aliphatic rings. The topological polar surface area (TPSA) is 96.2 Å². The number of ether oxygens (including phenoxy) is 1. The Balaban J connectivity index is 1.43. The van der Waals surface area contributed by atoms with Crippen molar-refractivity contribution < 1.29 is 14.6 Å². The highest BCUT2D eigenvalue weighted by Gasteiger charge is 2.53. The molecule has 4 rings (SSSR count). The lowest BCUT2D eigenvalue weighted by molar-refractivity contribution is -0.208. The van der Waals surface area contributed by atoms with Crippen molar-refractivity contribution in [2.45, 2.75) is 63.3 Å². The van der Waals surface area contributed by atoms with Gasteiger partial charge in [-0.05, 0) is 26.2 Å². The second kappa shape index (κ2) is 7.79. The average molecular weight is 421 g/mol. The summed E-state index contributed by atoms with van der Waals surface area (Å²) in [7, 11) is 0. The highest BCUT2D eigenvalue weighted by molar-refractivity contribution is 7.15. The number of aliphatic hydroxyl groups excluding tert-OH is 1. The smallest absolute Gasteiger partial charge is 0.258 e. The fourth-order valence-electron chi connectivity index (χ4n) is 4.51. The van der Waals surface area contributed by atoms with Gasteiger partial charge in [-0.1, -0.05) is 6.92 Å². The molecular formula is C20H28N4O4S. The molecule has 2 saturated heterocycles. The van der Waals surface area contributed by atoms with Crippen LogP contribution in [0, 0.1) is 0 Å².